The van der Waals surface area contributed by atoms with Crippen molar-refractivity contribution in [2.24, 2.45) is 5.10 Å². The van der Waals surface area contributed by atoms with E-state index in [0.29, 0.717) is 6.21 Å². The lowest BCUT2D eigenvalue weighted by atomic mass is 10.2. The maximum Gasteiger partial charge on any atom is 0.281 e. The minimum atomic E-state index is -2.26. The number of hydrogen-bond acceptors (Lipinski definition) is 3. The van der Waals surface area contributed by atoms with Gasteiger partial charge in [0.05, 0.1) is 16.7 Å². The summed E-state index contributed by atoms with van der Waals surface area (Å²) in [6, 6.07) is 3.06. The summed E-state index contributed by atoms with van der Waals surface area (Å²) >= 11 is 1.09. The summed E-state index contributed by atoms with van der Waals surface area (Å²) in [5, 5.41) is 4.79. The van der Waals surface area contributed by atoms with Gasteiger partial charge in [0.25, 0.3) is 5.91 Å². The first-order chi connectivity index (χ1) is 9.93. The Labute approximate surface area is 118 Å². The average Bonchev–Trinajstić information content (AvgIpc) is 3.01. The zero-order chi connectivity index (χ0) is 15.6. The second kappa shape index (κ2) is 6.00. The van der Waals surface area contributed by atoms with Crippen LogP contribution in [0.1, 0.15) is 15.2 Å². The van der Waals surface area contributed by atoms with Crippen molar-refractivity contribution in [3.63, 3.8) is 0 Å². The molecule has 0 aliphatic carbocycles. The van der Waals surface area contributed by atoms with Crippen LogP contribution in [-0.2, 0) is 0 Å². The number of carbonyl (C=O) groups is 1. The number of thiophene rings is 1. The SMILES string of the molecule is O=C(N/N=C/c1c(F)c(F)c(F)c(F)c1F)c1cccs1. The second-order valence-corrected chi connectivity index (χ2v) is 4.61. The molecule has 1 heterocycles. The van der Waals surface area contributed by atoms with E-state index in [1.807, 2.05) is 5.43 Å². The molecule has 1 aromatic heterocycles. The Kier molecular flexibility index (Phi) is 4.32. The fourth-order valence-corrected chi connectivity index (χ4v) is 1.97. The van der Waals surface area contributed by atoms with Crippen LogP contribution in [0, 0.1) is 29.1 Å². The molecular weight excluding hydrogens is 315 g/mol. The van der Waals surface area contributed by atoms with Crippen molar-refractivity contribution in [2.45, 2.75) is 0 Å². The van der Waals surface area contributed by atoms with Crippen molar-refractivity contribution in [2.75, 3.05) is 0 Å². The highest BCUT2D eigenvalue weighted by molar-refractivity contribution is 7.12. The van der Waals surface area contributed by atoms with Crippen LogP contribution in [0.25, 0.3) is 0 Å². The molecule has 0 aliphatic rings. The molecule has 2 rings (SSSR count). The number of rotatable bonds is 3. The first-order valence-corrected chi connectivity index (χ1v) is 6.19. The number of benzene rings is 1. The predicted molar refractivity (Wildman–Crippen MR) is 65.6 cm³/mol. The quantitative estimate of drug-likeness (QED) is 0.305. The second-order valence-electron chi connectivity index (χ2n) is 3.66. The van der Waals surface area contributed by atoms with Crippen LogP contribution in [0.4, 0.5) is 22.0 Å². The Bertz CT molecular complexity index is 686. The molecule has 0 saturated carbocycles. The first kappa shape index (κ1) is 15.1. The van der Waals surface area contributed by atoms with Gasteiger partial charge >= 0.3 is 0 Å². The largest absolute Gasteiger partial charge is 0.281 e. The van der Waals surface area contributed by atoms with Crippen LogP contribution >= 0.6 is 11.3 Å². The molecule has 1 amide bonds. The van der Waals surface area contributed by atoms with Gasteiger partial charge in [0.2, 0.25) is 5.82 Å². The minimum absolute atomic E-state index is 0.268. The van der Waals surface area contributed by atoms with E-state index >= 15 is 0 Å². The number of halogens is 5. The number of nitrogens with one attached hydrogen (secondary N) is 1. The minimum Gasteiger partial charge on any atom is -0.266 e. The smallest absolute Gasteiger partial charge is 0.266 e. The molecule has 110 valence electrons. The highest BCUT2D eigenvalue weighted by atomic mass is 32.1. The average molecular weight is 320 g/mol. The van der Waals surface area contributed by atoms with E-state index in [0.717, 1.165) is 11.3 Å². The predicted octanol–water partition coefficient (Wildman–Crippen LogP) is 3.21. The summed E-state index contributed by atoms with van der Waals surface area (Å²) in [6.45, 7) is 0. The van der Waals surface area contributed by atoms with Gasteiger partial charge < -0.3 is 0 Å². The highest BCUT2D eigenvalue weighted by Gasteiger charge is 2.24. The molecule has 21 heavy (non-hydrogen) atoms. The highest BCUT2D eigenvalue weighted by Crippen LogP contribution is 2.21. The summed E-state index contributed by atoms with van der Waals surface area (Å²) in [5.41, 5.74) is 0.672. The van der Waals surface area contributed by atoms with E-state index in [1.54, 1.807) is 11.4 Å². The Morgan fingerprint density at radius 3 is 2.14 bits per heavy atom. The molecule has 0 saturated heterocycles. The molecule has 2 aromatic rings. The number of carbonyl (C=O) groups excluding carboxylic acids is 1. The fraction of sp³-hybridized carbons (Fsp3) is 0. The van der Waals surface area contributed by atoms with Gasteiger partial charge in [0.1, 0.15) is 0 Å². The van der Waals surface area contributed by atoms with Gasteiger partial charge in [-0.15, -0.1) is 11.3 Å². The monoisotopic (exact) mass is 320 g/mol. The summed E-state index contributed by atoms with van der Waals surface area (Å²) < 4.78 is 65.2. The number of hydrogen-bond donors (Lipinski definition) is 1. The van der Waals surface area contributed by atoms with Crippen LogP contribution in [0.5, 0.6) is 0 Å². The van der Waals surface area contributed by atoms with Crippen LogP contribution in [0.2, 0.25) is 0 Å². The lowest BCUT2D eigenvalue weighted by molar-refractivity contribution is 0.0959. The van der Waals surface area contributed by atoms with Crippen LogP contribution in [0.3, 0.4) is 0 Å². The fourth-order valence-electron chi connectivity index (χ4n) is 1.35. The lowest BCUT2D eigenvalue weighted by Gasteiger charge is -2.03. The van der Waals surface area contributed by atoms with Gasteiger partial charge in [0, 0.05) is 0 Å². The van der Waals surface area contributed by atoms with Gasteiger partial charge in [-0.3, -0.25) is 4.79 Å². The molecule has 0 aliphatic heterocycles. The maximum atomic E-state index is 13.3. The van der Waals surface area contributed by atoms with Crippen molar-refractivity contribution in [1.29, 1.82) is 0 Å². The van der Waals surface area contributed by atoms with E-state index in [2.05, 4.69) is 5.10 Å². The third-order valence-electron chi connectivity index (χ3n) is 2.35. The number of hydrazone groups is 1. The molecule has 9 heteroatoms. The standard InChI is InChI=1S/C12H5F5N2OS/c13-7-5(8(14)10(16)11(17)9(7)15)4-18-19-12(20)6-2-1-3-21-6/h1-4H,(H,19,20)/b18-4+. The molecule has 0 radical (unpaired) electrons. The zero-order valence-corrected chi connectivity index (χ0v) is 10.8. The van der Waals surface area contributed by atoms with Gasteiger partial charge in [-0.05, 0) is 11.4 Å². The van der Waals surface area contributed by atoms with E-state index in [-0.39, 0.29) is 4.88 Å². The van der Waals surface area contributed by atoms with Crippen molar-refractivity contribution in [1.82, 2.24) is 5.43 Å². The van der Waals surface area contributed by atoms with Crippen LogP contribution in [-0.4, -0.2) is 12.1 Å². The number of nitrogens with zero attached hydrogens (tertiary/aromatic N) is 1. The molecule has 0 fully saturated rings. The van der Waals surface area contributed by atoms with Crippen molar-refractivity contribution >= 4 is 23.5 Å². The van der Waals surface area contributed by atoms with Gasteiger partial charge in [-0.2, -0.15) is 5.10 Å². The Balaban J connectivity index is 2.24. The molecule has 0 atom stereocenters. The van der Waals surface area contributed by atoms with Crippen molar-refractivity contribution in [3.8, 4) is 0 Å². The normalized spacial score (nSPS) is 11.1. The molecule has 1 aromatic carbocycles. The van der Waals surface area contributed by atoms with Crippen molar-refractivity contribution < 1.29 is 26.7 Å². The van der Waals surface area contributed by atoms with E-state index in [9.17, 15) is 26.7 Å². The molecule has 0 spiro atoms. The molecular formula is C12H5F5N2OS. The molecule has 0 bridgehead atoms. The third kappa shape index (κ3) is 2.92. The van der Waals surface area contributed by atoms with Gasteiger partial charge in [-0.1, -0.05) is 6.07 Å². The summed E-state index contributed by atoms with van der Waals surface area (Å²) in [6.07, 6.45) is 0.349. The Hall–Kier alpha value is -2.29. The Morgan fingerprint density at radius 1 is 1.05 bits per heavy atom. The lowest BCUT2D eigenvalue weighted by Crippen LogP contribution is -2.17. The zero-order valence-electron chi connectivity index (χ0n) is 9.96. The van der Waals surface area contributed by atoms with Crippen LogP contribution in [0.15, 0.2) is 22.6 Å². The number of amides is 1. The molecule has 3 nitrogen and oxygen atoms in total. The van der Waals surface area contributed by atoms with E-state index < -0.39 is 40.6 Å². The van der Waals surface area contributed by atoms with Gasteiger partial charge in [0.15, 0.2) is 23.3 Å². The van der Waals surface area contributed by atoms with Gasteiger partial charge in [-0.25, -0.2) is 27.4 Å². The topological polar surface area (TPSA) is 41.5 Å². The third-order valence-corrected chi connectivity index (χ3v) is 3.22. The summed E-state index contributed by atoms with van der Waals surface area (Å²) in [4.78, 5) is 11.7. The first-order valence-electron chi connectivity index (χ1n) is 5.31. The van der Waals surface area contributed by atoms with E-state index in [1.165, 1.54) is 6.07 Å². The maximum absolute atomic E-state index is 13.3. The Morgan fingerprint density at radius 2 is 1.62 bits per heavy atom. The molecule has 1 N–H and O–H groups in total. The van der Waals surface area contributed by atoms with E-state index in [4.69, 9.17) is 0 Å². The van der Waals surface area contributed by atoms with Crippen LogP contribution < -0.4 is 5.43 Å². The van der Waals surface area contributed by atoms with Crippen molar-refractivity contribution in [3.05, 3.63) is 57.0 Å². The molecule has 0 unspecified atom stereocenters. The summed E-state index contributed by atoms with van der Waals surface area (Å²) in [5.74, 6) is -11.2. The summed E-state index contributed by atoms with van der Waals surface area (Å²) in [7, 11) is 0.